The number of alkyl halides is 1. The highest BCUT2D eigenvalue weighted by Gasteiger charge is 2.38. The van der Waals surface area contributed by atoms with Crippen LogP contribution in [-0.4, -0.2) is 42.8 Å². The summed E-state index contributed by atoms with van der Waals surface area (Å²) in [5.41, 5.74) is 0. The van der Waals surface area contributed by atoms with Crippen LogP contribution in [0.2, 0.25) is 0 Å². The molecule has 0 aromatic carbocycles. The highest BCUT2D eigenvalue weighted by molar-refractivity contribution is 5.76. The average molecular weight is 189 g/mol. The number of ether oxygens (including phenoxy) is 1. The lowest BCUT2D eigenvalue weighted by Gasteiger charge is -2.25. The van der Waals surface area contributed by atoms with Crippen molar-refractivity contribution in [2.75, 3.05) is 13.7 Å². The average Bonchev–Trinajstić information content (AvgIpc) is 2.46. The van der Waals surface area contributed by atoms with Gasteiger partial charge in [-0.1, -0.05) is 0 Å². The van der Waals surface area contributed by atoms with Crippen molar-refractivity contribution in [3.05, 3.63) is 0 Å². The molecule has 2 atom stereocenters. The number of carbonyl (C=O) groups is 1. The lowest BCUT2D eigenvalue weighted by molar-refractivity contribution is -0.146. The molecule has 0 N–H and O–H groups in total. The van der Waals surface area contributed by atoms with Gasteiger partial charge in [0, 0.05) is 19.0 Å². The second kappa shape index (κ2) is 4.05. The highest BCUT2D eigenvalue weighted by Crippen LogP contribution is 2.23. The van der Waals surface area contributed by atoms with Crippen LogP contribution >= 0.6 is 0 Å². The molecular weight excluding hydrogens is 173 g/mol. The Morgan fingerprint density at radius 1 is 1.62 bits per heavy atom. The maximum atomic E-state index is 13.0. The Morgan fingerprint density at radius 3 is 2.69 bits per heavy atom. The van der Waals surface area contributed by atoms with E-state index in [9.17, 15) is 9.18 Å². The summed E-state index contributed by atoms with van der Waals surface area (Å²) < 4.78 is 17.6. The predicted molar refractivity (Wildman–Crippen MR) is 47.2 cm³/mol. The van der Waals surface area contributed by atoms with Crippen molar-refractivity contribution in [2.24, 2.45) is 0 Å². The van der Waals surface area contributed by atoms with Crippen LogP contribution in [0.4, 0.5) is 4.39 Å². The topological polar surface area (TPSA) is 29.5 Å². The van der Waals surface area contributed by atoms with Crippen molar-refractivity contribution in [1.29, 1.82) is 0 Å². The summed E-state index contributed by atoms with van der Waals surface area (Å²) in [6.45, 7) is 4.25. The maximum absolute atomic E-state index is 13.0. The molecule has 0 saturated carbocycles. The van der Waals surface area contributed by atoms with Gasteiger partial charge >= 0.3 is 5.97 Å². The summed E-state index contributed by atoms with van der Waals surface area (Å²) in [6, 6.07) is -0.204. The van der Waals surface area contributed by atoms with Crippen LogP contribution in [0.3, 0.4) is 0 Å². The van der Waals surface area contributed by atoms with Crippen LogP contribution in [-0.2, 0) is 9.53 Å². The zero-order valence-electron chi connectivity index (χ0n) is 8.29. The lowest BCUT2D eigenvalue weighted by atomic mass is 10.2. The molecule has 4 heteroatoms. The third-order valence-electron chi connectivity index (χ3n) is 2.42. The molecule has 1 aliphatic rings. The third-order valence-corrected chi connectivity index (χ3v) is 2.42. The second-order valence-corrected chi connectivity index (χ2v) is 3.66. The van der Waals surface area contributed by atoms with Crippen molar-refractivity contribution in [3.8, 4) is 0 Å². The van der Waals surface area contributed by atoms with E-state index in [1.807, 2.05) is 18.7 Å². The molecule has 0 aliphatic carbocycles. The van der Waals surface area contributed by atoms with E-state index < -0.39 is 6.17 Å². The Hall–Kier alpha value is -0.640. The van der Waals surface area contributed by atoms with Crippen LogP contribution in [0.1, 0.15) is 20.3 Å². The maximum Gasteiger partial charge on any atom is 0.323 e. The van der Waals surface area contributed by atoms with Gasteiger partial charge in [0.05, 0.1) is 7.11 Å². The first kappa shape index (κ1) is 10.4. The SMILES string of the molecule is COC(=O)[C@H]1C[C@@H](F)CN1C(C)C. The summed E-state index contributed by atoms with van der Waals surface area (Å²) in [5.74, 6) is -0.325. The molecule has 0 unspecified atom stereocenters. The number of hydrogen-bond donors (Lipinski definition) is 0. The minimum absolute atomic E-state index is 0.185. The predicted octanol–water partition coefficient (Wildman–Crippen LogP) is 0.980. The van der Waals surface area contributed by atoms with Gasteiger partial charge in [-0.3, -0.25) is 9.69 Å². The van der Waals surface area contributed by atoms with Crippen molar-refractivity contribution < 1.29 is 13.9 Å². The number of nitrogens with zero attached hydrogens (tertiary/aromatic N) is 1. The molecule has 0 bridgehead atoms. The number of rotatable bonds is 2. The van der Waals surface area contributed by atoms with Crippen LogP contribution in [0.15, 0.2) is 0 Å². The summed E-state index contributed by atoms with van der Waals surface area (Å²) in [7, 11) is 1.34. The third kappa shape index (κ3) is 2.18. The van der Waals surface area contributed by atoms with Crippen molar-refractivity contribution in [3.63, 3.8) is 0 Å². The van der Waals surface area contributed by atoms with Crippen LogP contribution in [0.5, 0.6) is 0 Å². The van der Waals surface area contributed by atoms with Gasteiger partial charge in [-0.15, -0.1) is 0 Å². The molecule has 1 rings (SSSR count). The molecule has 0 aromatic heterocycles. The molecule has 0 amide bonds. The molecule has 0 spiro atoms. The highest BCUT2D eigenvalue weighted by atomic mass is 19.1. The first-order valence-corrected chi connectivity index (χ1v) is 4.54. The Bertz CT molecular complexity index is 196. The van der Waals surface area contributed by atoms with Crippen LogP contribution in [0.25, 0.3) is 0 Å². The normalized spacial score (nSPS) is 29.6. The number of likely N-dealkylation sites (tertiary alicyclic amines) is 1. The molecule has 0 aromatic rings. The lowest BCUT2D eigenvalue weighted by Crippen LogP contribution is -2.41. The minimum atomic E-state index is -0.897. The van der Waals surface area contributed by atoms with Crippen molar-refractivity contribution in [2.45, 2.75) is 38.5 Å². The smallest absolute Gasteiger partial charge is 0.323 e. The fourth-order valence-electron chi connectivity index (χ4n) is 1.75. The standard InChI is InChI=1S/C9H16FNO2/c1-6(2)11-5-7(10)4-8(11)9(12)13-3/h6-8H,4-5H2,1-3H3/t7-,8-/m1/s1. The molecule has 1 saturated heterocycles. The van der Waals surface area contributed by atoms with E-state index in [0.29, 0.717) is 6.54 Å². The number of methoxy groups -OCH3 is 1. The molecule has 13 heavy (non-hydrogen) atoms. The molecular formula is C9H16FNO2. The van der Waals surface area contributed by atoms with Crippen LogP contribution in [0, 0.1) is 0 Å². The fourth-order valence-corrected chi connectivity index (χ4v) is 1.75. The first-order valence-electron chi connectivity index (χ1n) is 4.54. The van der Waals surface area contributed by atoms with Gasteiger partial charge in [-0.25, -0.2) is 4.39 Å². The minimum Gasteiger partial charge on any atom is -0.468 e. The Labute approximate surface area is 77.9 Å². The van der Waals surface area contributed by atoms with Crippen LogP contribution < -0.4 is 0 Å². The molecule has 1 fully saturated rings. The Balaban J connectivity index is 2.66. The van der Waals surface area contributed by atoms with Crippen molar-refractivity contribution in [1.82, 2.24) is 4.90 Å². The monoisotopic (exact) mass is 189 g/mol. The summed E-state index contributed by atoms with van der Waals surface area (Å²) in [5, 5.41) is 0. The number of carbonyl (C=O) groups excluding carboxylic acids is 1. The molecule has 3 nitrogen and oxygen atoms in total. The number of esters is 1. The van der Waals surface area contributed by atoms with Crippen molar-refractivity contribution >= 4 is 5.97 Å². The number of hydrogen-bond acceptors (Lipinski definition) is 3. The first-order chi connectivity index (χ1) is 6.06. The molecule has 1 aliphatic heterocycles. The fraction of sp³-hybridized carbons (Fsp3) is 0.889. The summed E-state index contributed by atoms with van der Waals surface area (Å²) >= 11 is 0. The largest absolute Gasteiger partial charge is 0.468 e. The van der Waals surface area contributed by atoms with E-state index >= 15 is 0 Å². The van der Waals surface area contributed by atoms with E-state index in [-0.39, 0.29) is 24.5 Å². The molecule has 1 heterocycles. The summed E-state index contributed by atoms with van der Waals surface area (Å²) in [6.07, 6.45) is -0.628. The second-order valence-electron chi connectivity index (χ2n) is 3.66. The van der Waals surface area contributed by atoms with Gasteiger partial charge in [0.2, 0.25) is 0 Å². The zero-order valence-corrected chi connectivity index (χ0v) is 8.29. The van der Waals surface area contributed by atoms with E-state index in [1.54, 1.807) is 0 Å². The van der Waals surface area contributed by atoms with Gasteiger partial charge in [0.1, 0.15) is 12.2 Å². The van der Waals surface area contributed by atoms with Gasteiger partial charge in [-0.05, 0) is 13.8 Å². The van der Waals surface area contributed by atoms with E-state index in [2.05, 4.69) is 4.74 Å². The molecule has 0 radical (unpaired) electrons. The quantitative estimate of drug-likeness (QED) is 0.606. The van der Waals surface area contributed by atoms with E-state index in [0.717, 1.165) is 0 Å². The van der Waals surface area contributed by atoms with Gasteiger partial charge < -0.3 is 4.74 Å². The van der Waals surface area contributed by atoms with Gasteiger partial charge in [0.25, 0.3) is 0 Å². The Kier molecular flexibility index (Phi) is 3.25. The Morgan fingerprint density at radius 2 is 2.23 bits per heavy atom. The van der Waals surface area contributed by atoms with Gasteiger partial charge in [-0.2, -0.15) is 0 Å². The molecule has 76 valence electrons. The van der Waals surface area contributed by atoms with E-state index in [4.69, 9.17) is 0 Å². The van der Waals surface area contributed by atoms with Gasteiger partial charge in [0.15, 0.2) is 0 Å². The summed E-state index contributed by atoms with van der Waals surface area (Å²) in [4.78, 5) is 13.1. The zero-order chi connectivity index (χ0) is 10.0. The number of halogens is 1. The van der Waals surface area contributed by atoms with E-state index in [1.165, 1.54) is 7.11 Å².